The van der Waals surface area contributed by atoms with Crippen molar-refractivity contribution < 1.29 is 14.6 Å². The number of hydrogen-bond donors (Lipinski definition) is 1. The number of carboxylic acids is 1. The van der Waals surface area contributed by atoms with Gasteiger partial charge in [0, 0.05) is 5.56 Å². The molecule has 0 radical (unpaired) electrons. The second-order valence-electron chi connectivity index (χ2n) is 4.00. The molecule has 0 fully saturated rings. The predicted molar refractivity (Wildman–Crippen MR) is 58.6 cm³/mol. The molecule has 1 aliphatic heterocycles. The number of ether oxygens (including phenoxy) is 1. The Balaban J connectivity index is 2.61. The molecule has 2 heterocycles. The minimum Gasteiger partial charge on any atom is -0.477 e. The van der Waals surface area contributed by atoms with Crippen LogP contribution in [0, 0.1) is 0 Å². The van der Waals surface area contributed by atoms with Gasteiger partial charge in [0.25, 0.3) is 0 Å². The summed E-state index contributed by atoms with van der Waals surface area (Å²) in [6.07, 6.45) is 0.763. The van der Waals surface area contributed by atoms with Crippen LogP contribution in [-0.4, -0.2) is 16.1 Å². The van der Waals surface area contributed by atoms with Gasteiger partial charge in [0.1, 0.15) is 10.8 Å². The van der Waals surface area contributed by atoms with Gasteiger partial charge in [-0.05, 0) is 25.0 Å². The minimum absolute atomic E-state index is 0.0334. The van der Waals surface area contributed by atoms with Crippen molar-refractivity contribution in [3.63, 3.8) is 0 Å². The Hall–Kier alpha value is -1.13. The number of halogens is 1. The highest BCUT2D eigenvalue weighted by atomic mass is 35.5. The lowest BCUT2D eigenvalue weighted by Crippen LogP contribution is -2.19. The van der Waals surface area contributed by atoms with Crippen LogP contribution in [0.15, 0.2) is 6.07 Å². The van der Waals surface area contributed by atoms with Crippen molar-refractivity contribution in [1.29, 1.82) is 0 Å². The first-order valence-corrected chi connectivity index (χ1v) is 5.43. The summed E-state index contributed by atoms with van der Waals surface area (Å²) < 4.78 is 5.66. The number of carboxylic acid groups (broad SMARTS) is 1. The number of hydrogen-bond acceptors (Lipinski definition) is 3. The van der Waals surface area contributed by atoms with E-state index in [0.29, 0.717) is 6.61 Å². The van der Waals surface area contributed by atoms with Gasteiger partial charge in [0.2, 0.25) is 0 Å². The van der Waals surface area contributed by atoms with E-state index in [2.05, 4.69) is 4.98 Å². The lowest BCUT2D eigenvalue weighted by molar-refractivity contribution is -0.0259. The molecule has 1 atom stereocenters. The third-order valence-electron chi connectivity index (χ3n) is 3.07. The minimum atomic E-state index is -1.07. The van der Waals surface area contributed by atoms with Gasteiger partial charge in [0.15, 0.2) is 0 Å². The molecule has 5 heteroatoms. The number of fused-ring (bicyclic) bond motifs is 1. The maximum absolute atomic E-state index is 10.9. The molecule has 0 spiro atoms. The summed E-state index contributed by atoms with van der Waals surface area (Å²) in [5.41, 5.74) is 1.16. The molecule has 0 saturated heterocycles. The zero-order valence-corrected chi connectivity index (χ0v) is 9.84. The molecular formula is C11H12ClNO3. The summed E-state index contributed by atoms with van der Waals surface area (Å²) in [6.45, 7) is 4.32. The van der Waals surface area contributed by atoms with E-state index in [9.17, 15) is 4.79 Å². The Morgan fingerprint density at radius 1 is 1.75 bits per heavy atom. The smallest absolute Gasteiger partial charge is 0.354 e. The van der Waals surface area contributed by atoms with Gasteiger partial charge >= 0.3 is 5.97 Å². The van der Waals surface area contributed by atoms with Crippen LogP contribution >= 0.6 is 11.6 Å². The maximum atomic E-state index is 10.9. The number of rotatable bonds is 2. The second-order valence-corrected chi connectivity index (χ2v) is 4.36. The Morgan fingerprint density at radius 2 is 2.44 bits per heavy atom. The fourth-order valence-corrected chi connectivity index (χ4v) is 2.11. The Labute approximate surface area is 98.2 Å². The zero-order chi connectivity index (χ0) is 11.9. The van der Waals surface area contributed by atoms with Gasteiger partial charge in [-0.3, -0.25) is 0 Å². The van der Waals surface area contributed by atoms with Gasteiger partial charge in [0.05, 0.1) is 12.2 Å². The molecule has 0 aliphatic carbocycles. The van der Waals surface area contributed by atoms with Crippen LogP contribution in [0.2, 0.25) is 5.15 Å². The topological polar surface area (TPSA) is 59.4 Å². The van der Waals surface area contributed by atoms with E-state index < -0.39 is 11.6 Å². The number of nitrogens with zero attached hydrogens (tertiary/aromatic N) is 1. The van der Waals surface area contributed by atoms with E-state index in [1.54, 1.807) is 6.07 Å². The maximum Gasteiger partial charge on any atom is 0.354 e. The fraction of sp³-hybridized carbons (Fsp3) is 0.455. The van der Waals surface area contributed by atoms with Crippen LogP contribution in [-0.2, 0) is 16.9 Å². The molecule has 1 N–H and O–H groups in total. The standard InChI is InChI=1S/C11H12ClNO3/c1-3-11(2)7-4-8(10(14)15)13-9(12)6(7)5-16-11/h4H,3,5H2,1-2H3,(H,14,15). The molecule has 0 amide bonds. The average Bonchev–Trinajstić information content (AvgIpc) is 2.58. The predicted octanol–water partition coefficient (Wildman–Crippen LogP) is 2.59. The van der Waals surface area contributed by atoms with E-state index in [1.165, 1.54) is 0 Å². The molecule has 2 rings (SSSR count). The number of aromatic nitrogens is 1. The van der Waals surface area contributed by atoms with E-state index in [0.717, 1.165) is 17.5 Å². The van der Waals surface area contributed by atoms with Crippen molar-refractivity contribution in [2.24, 2.45) is 0 Å². The molecule has 1 aliphatic rings. The SMILES string of the molecule is CCC1(C)OCc2c1cc(C(=O)O)nc2Cl. The highest BCUT2D eigenvalue weighted by molar-refractivity contribution is 6.30. The van der Waals surface area contributed by atoms with E-state index in [-0.39, 0.29) is 10.8 Å². The molecule has 16 heavy (non-hydrogen) atoms. The first kappa shape index (κ1) is 11.4. The first-order valence-electron chi connectivity index (χ1n) is 5.05. The van der Waals surface area contributed by atoms with Crippen LogP contribution in [0.1, 0.15) is 41.9 Å². The van der Waals surface area contributed by atoms with Crippen LogP contribution in [0.5, 0.6) is 0 Å². The Bertz CT molecular complexity index is 461. The molecule has 0 aromatic carbocycles. The Kier molecular flexibility index (Phi) is 2.64. The number of aromatic carboxylic acids is 1. The van der Waals surface area contributed by atoms with E-state index >= 15 is 0 Å². The fourth-order valence-electron chi connectivity index (χ4n) is 1.86. The molecule has 1 unspecified atom stereocenters. The third kappa shape index (κ3) is 1.58. The average molecular weight is 242 g/mol. The van der Waals surface area contributed by atoms with Gasteiger partial charge in [-0.2, -0.15) is 0 Å². The van der Waals surface area contributed by atoms with Crippen molar-refractivity contribution >= 4 is 17.6 Å². The molecule has 1 aromatic rings. The number of pyridine rings is 1. The summed E-state index contributed by atoms with van der Waals surface area (Å²) in [6, 6.07) is 1.56. The normalized spacial score (nSPS) is 23.2. The highest BCUT2D eigenvalue weighted by Gasteiger charge is 2.36. The molecule has 86 valence electrons. The summed E-state index contributed by atoms with van der Waals surface area (Å²) in [4.78, 5) is 14.7. The van der Waals surface area contributed by atoms with Crippen LogP contribution in [0.25, 0.3) is 0 Å². The zero-order valence-electron chi connectivity index (χ0n) is 9.08. The number of carbonyl (C=O) groups is 1. The van der Waals surface area contributed by atoms with E-state index in [4.69, 9.17) is 21.4 Å². The molecule has 4 nitrogen and oxygen atoms in total. The molecule has 0 saturated carbocycles. The van der Waals surface area contributed by atoms with Gasteiger partial charge < -0.3 is 9.84 Å². The van der Waals surface area contributed by atoms with Gasteiger partial charge in [-0.15, -0.1) is 0 Å². The van der Waals surface area contributed by atoms with Gasteiger partial charge in [-0.1, -0.05) is 18.5 Å². The monoisotopic (exact) mass is 241 g/mol. The largest absolute Gasteiger partial charge is 0.477 e. The van der Waals surface area contributed by atoms with Crippen molar-refractivity contribution in [2.75, 3.05) is 0 Å². The van der Waals surface area contributed by atoms with Crippen molar-refractivity contribution in [3.8, 4) is 0 Å². The summed E-state index contributed by atoms with van der Waals surface area (Å²) >= 11 is 5.95. The lowest BCUT2D eigenvalue weighted by atomic mass is 9.92. The Morgan fingerprint density at radius 3 is 3.00 bits per heavy atom. The van der Waals surface area contributed by atoms with Crippen molar-refractivity contribution in [2.45, 2.75) is 32.5 Å². The lowest BCUT2D eigenvalue weighted by Gasteiger charge is -2.22. The second kappa shape index (κ2) is 3.71. The highest BCUT2D eigenvalue weighted by Crippen LogP contribution is 2.41. The van der Waals surface area contributed by atoms with E-state index in [1.807, 2.05) is 13.8 Å². The van der Waals surface area contributed by atoms with Crippen molar-refractivity contribution in [1.82, 2.24) is 4.98 Å². The van der Waals surface area contributed by atoms with Gasteiger partial charge in [-0.25, -0.2) is 9.78 Å². The molecule has 1 aromatic heterocycles. The third-order valence-corrected chi connectivity index (χ3v) is 3.39. The van der Waals surface area contributed by atoms with Crippen molar-refractivity contribution in [3.05, 3.63) is 28.0 Å². The first-order chi connectivity index (χ1) is 7.48. The molecular weight excluding hydrogens is 230 g/mol. The van der Waals surface area contributed by atoms with Crippen LogP contribution in [0.3, 0.4) is 0 Å². The molecule has 0 bridgehead atoms. The van der Waals surface area contributed by atoms with Crippen LogP contribution in [0.4, 0.5) is 0 Å². The quantitative estimate of drug-likeness (QED) is 0.809. The summed E-state index contributed by atoms with van der Waals surface area (Å²) in [5.74, 6) is -1.07. The summed E-state index contributed by atoms with van der Waals surface area (Å²) in [5, 5.41) is 9.15. The van der Waals surface area contributed by atoms with Crippen LogP contribution < -0.4 is 0 Å². The summed E-state index contributed by atoms with van der Waals surface area (Å²) in [7, 11) is 0.